The molecule has 0 saturated carbocycles. The summed E-state index contributed by atoms with van der Waals surface area (Å²) in [6.07, 6.45) is 0. The van der Waals surface area contributed by atoms with E-state index in [2.05, 4.69) is 242 Å². The predicted octanol–water partition coefficient (Wildman–Crippen LogP) is 17.4. The SMILES string of the molecule is [2H]C([2H])([2H])c1cc2c3c(c1)N(c1ccc(C(C)(C)C)cc1)c1c(sc4ccccc14)B3c1c(c3c(c4c1Oc1cc(C([2H])([2H])[2H])cc5c1B4c1sc4ccccc4c1N5c1ccc(C(C)(C)C)cc1)Oc1cc(C)cc4c1B3c1sc3ccccc3c1N4c1ccc(C(C)(C)C)cc1)O2. The number of anilines is 9. The molecule has 0 atom stereocenters. The van der Waals surface area contributed by atoms with Crippen LogP contribution in [0.3, 0.4) is 0 Å². The molecule has 19 rings (SSSR count). The molecule has 0 N–H and O–H groups in total. The Morgan fingerprint density at radius 3 is 0.914 bits per heavy atom. The number of aryl methyl sites for hydroxylation is 3. The summed E-state index contributed by atoms with van der Waals surface area (Å²) in [5.74, 6) is 3.22. The molecule has 12 heteroatoms. The normalized spacial score (nSPS) is 15.8. The summed E-state index contributed by atoms with van der Waals surface area (Å²) in [6, 6.07) is 64.1. The van der Waals surface area contributed by atoms with E-state index in [-0.39, 0.29) is 27.4 Å². The minimum atomic E-state index is -2.55. The second-order valence-electron chi connectivity index (χ2n) is 29.2. The molecule has 450 valence electrons. The molecule has 13 aromatic rings. The molecule has 0 unspecified atom stereocenters. The lowest BCUT2D eigenvalue weighted by Crippen LogP contribution is -2.68. The van der Waals surface area contributed by atoms with Crippen LogP contribution in [0.1, 0.15) is 104 Å². The zero-order valence-electron chi connectivity index (χ0n) is 59.3. The first-order valence-corrected chi connectivity index (χ1v) is 34.7. The highest BCUT2D eigenvalue weighted by Crippen LogP contribution is 2.54. The fourth-order valence-electron chi connectivity index (χ4n) is 16.0. The first-order chi connectivity index (χ1) is 47.2. The molecule has 0 aliphatic carbocycles. The first kappa shape index (κ1) is 49.7. The summed E-state index contributed by atoms with van der Waals surface area (Å²) in [7, 11) is 0. The molecule has 6 aliphatic heterocycles. The summed E-state index contributed by atoms with van der Waals surface area (Å²) in [6.45, 7) is 15.4. The molecule has 3 aromatic heterocycles. The lowest BCUT2D eigenvalue weighted by Gasteiger charge is -2.45. The number of ether oxygens (including phenoxy) is 3. The lowest BCUT2D eigenvalue weighted by molar-refractivity contribution is 0.452. The Labute approximate surface area is 565 Å². The number of hydrogen-bond acceptors (Lipinski definition) is 9. The van der Waals surface area contributed by atoms with Gasteiger partial charge in [0.2, 0.25) is 0 Å². The molecule has 0 radical (unpaired) electrons. The topological polar surface area (TPSA) is 37.4 Å². The van der Waals surface area contributed by atoms with Crippen molar-refractivity contribution in [3.05, 3.63) is 215 Å². The number of nitrogens with zero attached hydrogens (tertiary/aromatic N) is 3. The van der Waals surface area contributed by atoms with Crippen molar-refractivity contribution >= 4 is 183 Å². The van der Waals surface area contributed by atoms with Gasteiger partial charge in [-0.15, -0.1) is 34.0 Å². The van der Waals surface area contributed by atoms with Crippen molar-refractivity contribution in [1.29, 1.82) is 0 Å². The highest BCUT2D eigenvalue weighted by molar-refractivity contribution is 7.36. The van der Waals surface area contributed by atoms with Crippen molar-refractivity contribution in [1.82, 2.24) is 0 Å². The van der Waals surface area contributed by atoms with Gasteiger partial charge in [-0.3, -0.25) is 0 Å². The highest BCUT2D eigenvalue weighted by Gasteiger charge is 2.57. The van der Waals surface area contributed by atoms with Crippen LogP contribution in [0.5, 0.6) is 34.5 Å². The van der Waals surface area contributed by atoms with Crippen LogP contribution in [0.2, 0.25) is 0 Å². The molecule has 10 aromatic carbocycles. The fraction of sp³-hybridized carbons (Fsp3) is 0.185. The number of benzene rings is 10. The lowest BCUT2D eigenvalue weighted by atomic mass is 9.29. The molecule has 0 spiro atoms. The van der Waals surface area contributed by atoms with Crippen molar-refractivity contribution in [3.63, 3.8) is 0 Å². The average molecular weight is 1260 g/mol. The van der Waals surface area contributed by atoms with Crippen molar-refractivity contribution < 1.29 is 22.4 Å². The van der Waals surface area contributed by atoms with Crippen molar-refractivity contribution in [2.45, 2.75) is 99.2 Å². The summed E-state index contributed by atoms with van der Waals surface area (Å²) >= 11 is 5.27. The Hall–Kier alpha value is -8.93. The molecule has 93 heavy (non-hydrogen) atoms. The van der Waals surface area contributed by atoms with Crippen LogP contribution in [0.25, 0.3) is 30.3 Å². The third-order valence-electron chi connectivity index (χ3n) is 20.3. The van der Waals surface area contributed by atoms with Gasteiger partial charge in [-0.25, -0.2) is 0 Å². The Morgan fingerprint density at radius 1 is 0.344 bits per heavy atom. The average Bonchev–Trinajstić information content (AvgIpc) is 1.65. The van der Waals surface area contributed by atoms with E-state index in [0.29, 0.717) is 45.9 Å². The van der Waals surface area contributed by atoms with Crippen LogP contribution < -0.4 is 76.0 Å². The van der Waals surface area contributed by atoms with E-state index in [4.69, 9.17) is 14.2 Å². The van der Waals surface area contributed by atoms with E-state index >= 15 is 0 Å². The fourth-order valence-corrected chi connectivity index (χ4v) is 19.9. The van der Waals surface area contributed by atoms with Crippen LogP contribution >= 0.6 is 34.0 Å². The van der Waals surface area contributed by atoms with Gasteiger partial charge in [0.15, 0.2) is 0 Å². The van der Waals surface area contributed by atoms with E-state index in [9.17, 15) is 8.22 Å². The maximum atomic E-state index is 9.30. The van der Waals surface area contributed by atoms with Crippen LogP contribution in [0, 0.1) is 20.6 Å². The quantitative estimate of drug-likeness (QED) is 0.164. The monoisotopic (exact) mass is 1260 g/mol. The van der Waals surface area contributed by atoms with Crippen LogP contribution in [-0.4, -0.2) is 20.1 Å². The molecule has 6 aliphatic rings. The summed E-state index contributed by atoms with van der Waals surface area (Å²) < 4.78 is 86.3. The van der Waals surface area contributed by atoms with Crippen molar-refractivity contribution in [2.24, 2.45) is 0 Å². The van der Waals surface area contributed by atoms with E-state index in [1.807, 2.05) is 12.1 Å². The Morgan fingerprint density at radius 2 is 0.624 bits per heavy atom. The maximum Gasteiger partial charge on any atom is 0.273 e. The van der Waals surface area contributed by atoms with Gasteiger partial charge in [0.1, 0.15) is 34.5 Å². The third kappa shape index (κ3) is 7.83. The molecule has 0 bridgehead atoms. The Kier molecular flexibility index (Phi) is 10.2. The van der Waals surface area contributed by atoms with Crippen LogP contribution in [0.4, 0.5) is 51.2 Å². The van der Waals surface area contributed by atoms with Gasteiger partial charge >= 0.3 is 0 Å². The zero-order chi connectivity index (χ0) is 68.2. The minimum Gasteiger partial charge on any atom is -0.459 e. The maximum absolute atomic E-state index is 9.30. The molecular formula is C81H66B3N3O3S3. The second-order valence-corrected chi connectivity index (χ2v) is 32.4. The molecule has 0 saturated heterocycles. The van der Waals surface area contributed by atoms with Gasteiger partial charge in [-0.1, -0.05) is 153 Å². The van der Waals surface area contributed by atoms with E-state index in [0.717, 1.165) is 123 Å². The molecule has 6 nitrogen and oxygen atoms in total. The van der Waals surface area contributed by atoms with Gasteiger partial charge in [0.25, 0.3) is 20.1 Å². The summed E-state index contributed by atoms with van der Waals surface area (Å²) in [4.78, 5) is 7.00. The molecule has 0 fully saturated rings. The van der Waals surface area contributed by atoms with Gasteiger partial charge in [-0.2, -0.15) is 0 Å². The van der Waals surface area contributed by atoms with Crippen molar-refractivity contribution in [3.8, 4) is 34.5 Å². The van der Waals surface area contributed by atoms with Gasteiger partial charge in [-0.05, 0) is 178 Å². The van der Waals surface area contributed by atoms with Crippen LogP contribution in [-0.2, 0) is 16.2 Å². The number of rotatable bonds is 3. The largest absolute Gasteiger partial charge is 0.459 e. The molecule has 0 amide bonds. The third-order valence-corrected chi connectivity index (χ3v) is 24.0. The first-order valence-electron chi connectivity index (χ1n) is 35.2. The zero-order valence-corrected chi connectivity index (χ0v) is 55.8. The van der Waals surface area contributed by atoms with E-state index < -0.39 is 33.8 Å². The number of fused-ring (bicyclic) bond motifs is 21. The highest BCUT2D eigenvalue weighted by atomic mass is 32.1. The molecule has 9 heterocycles. The minimum absolute atomic E-state index is 0.0771. The van der Waals surface area contributed by atoms with Gasteiger partial charge in [0.05, 0.1) is 17.1 Å². The standard InChI is InChI=1S/C81H66B3N3O3S3/c1-43-37-55-64-58(40-43)88-73-67(82(64)76-70(52-19-13-16-22-61(52)91-76)85(55)49-31-25-46(26-32-49)79(4,5)6)74-69(84-66-57(39-45(3)42-60(66)89-74)87(51-35-29-48(30-36-51)81(10,11)12)72-54-21-15-18-24-63(54)93-78(72)84)75-68(73)83-65-56(38-44(2)41-59(65)90-75)86(50-33-27-47(28-34-50)80(7,8)9)71-53-20-14-17-23-62(53)92-77(71)83/h13-42H,1-12H3/i1D3,2D3. The molecular weight excluding hydrogens is 1190 g/mol. The summed E-state index contributed by atoms with van der Waals surface area (Å²) in [5.41, 5.74) is 17.8. The number of hydrogen-bond donors (Lipinski definition) is 0. The van der Waals surface area contributed by atoms with Gasteiger partial charge in [0, 0.05) is 103 Å². The number of thiophene rings is 3. The van der Waals surface area contributed by atoms with Crippen LogP contribution in [0.15, 0.2) is 182 Å². The Balaban J connectivity index is 0.971. The summed E-state index contributed by atoms with van der Waals surface area (Å²) in [5, 5.41) is 3.18. The Bertz CT molecular complexity index is 5650. The predicted molar refractivity (Wildman–Crippen MR) is 400 cm³/mol. The van der Waals surface area contributed by atoms with E-state index in [1.165, 1.54) is 16.7 Å². The van der Waals surface area contributed by atoms with E-state index in [1.54, 1.807) is 46.1 Å². The second kappa shape index (κ2) is 19.1. The van der Waals surface area contributed by atoms with Gasteiger partial charge < -0.3 is 28.9 Å². The smallest absolute Gasteiger partial charge is 0.273 e. The van der Waals surface area contributed by atoms with Crippen molar-refractivity contribution in [2.75, 3.05) is 14.7 Å².